The summed E-state index contributed by atoms with van der Waals surface area (Å²) in [5.41, 5.74) is 3.98. The van der Waals surface area contributed by atoms with Gasteiger partial charge in [0.05, 0.1) is 24.7 Å². The first-order chi connectivity index (χ1) is 20.0. The number of benzene rings is 2. The van der Waals surface area contributed by atoms with Gasteiger partial charge < -0.3 is 20.3 Å². The molecule has 218 valence electrons. The number of aryl methyl sites for hydroxylation is 1. The fraction of sp³-hybridized carbons (Fsp3) is 0.484. The maximum atomic E-state index is 13.6. The second-order valence-corrected chi connectivity index (χ2v) is 11.0. The Bertz CT molecular complexity index is 1260. The standard InChI is InChI=1S/C31H41N7O3/c1-23-5-7-24(8-6-23)27-22-29(27)32-13-3-4-28(31(40)37-18-16-36(17-19-37)20-21-41-2)34-30(39)25-9-11-26(12-10-25)38-15-14-33-35-38/h5-12,14-15,27-29,32H,3-4,13,16-22H2,1-2H3,(H,34,39)/t27-,28-,29+/m0/s1. The average Bonchev–Trinajstić information content (AvgIpc) is 3.56. The smallest absolute Gasteiger partial charge is 0.251 e. The van der Waals surface area contributed by atoms with E-state index in [1.807, 2.05) is 17.0 Å². The molecule has 2 fully saturated rings. The summed E-state index contributed by atoms with van der Waals surface area (Å²) in [6, 6.07) is 15.8. The van der Waals surface area contributed by atoms with E-state index in [9.17, 15) is 9.59 Å². The number of carbonyl (C=O) groups excluding carboxylic acids is 2. The van der Waals surface area contributed by atoms with Gasteiger partial charge in [0.25, 0.3) is 5.91 Å². The predicted molar refractivity (Wildman–Crippen MR) is 157 cm³/mol. The highest BCUT2D eigenvalue weighted by Crippen LogP contribution is 2.40. The lowest BCUT2D eigenvalue weighted by molar-refractivity contribution is -0.135. The Kier molecular flexibility index (Phi) is 9.76. The number of methoxy groups -OCH3 is 1. The van der Waals surface area contributed by atoms with Crippen molar-refractivity contribution >= 4 is 11.8 Å². The summed E-state index contributed by atoms with van der Waals surface area (Å²) >= 11 is 0. The molecule has 2 N–H and O–H groups in total. The third-order valence-corrected chi connectivity index (χ3v) is 8.09. The van der Waals surface area contributed by atoms with Crippen LogP contribution in [0.5, 0.6) is 0 Å². The summed E-state index contributed by atoms with van der Waals surface area (Å²) in [5.74, 6) is 0.303. The van der Waals surface area contributed by atoms with Crippen LogP contribution in [0.1, 0.15) is 46.7 Å². The third-order valence-electron chi connectivity index (χ3n) is 8.09. The summed E-state index contributed by atoms with van der Waals surface area (Å²) in [6.07, 6.45) is 5.87. The van der Waals surface area contributed by atoms with Gasteiger partial charge in [-0.25, -0.2) is 4.68 Å². The third kappa shape index (κ3) is 7.78. The molecule has 1 aliphatic carbocycles. The van der Waals surface area contributed by atoms with Crippen LogP contribution < -0.4 is 10.6 Å². The normalized spacial score (nSPS) is 19.6. The van der Waals surface area contributed by atoms with Crippen molar-refractivity contribution in [1.82, 2.24) is 35.4 Å². The topological polar surface area (TPSA) is 105 Å². The Hall–Kier alpha value is -3.60. The number of hydrogen-bond acceptors (Lipinski definition) is 7. The molecule has 3 aromatic rings. The number of carbonyl (C=O) groups is 2. The second-order valence-electron chi connectivity index (χ2n) is 11.0. The molecule has 1 aliphatic heterocycles. The Morgan fingerprint density at radius 1 is 1.05 bits per heavy atom. The quantitative estimate of drug-likeness (QED) is 0.310. The van der Waals surface area contributed by atoms with Gasteiger partial charge in [-0.05, 0) is 62.6 Å². The van der Waals surface area contributed by atoms with Crippen LogP contribution in [0.4, 0.5) is 0 Å². The van der Waals surface area contributed by atoms with E-state index in [1.54, 1.807) is 36.3 Å². The van der Waals surface area contributed by atoms with Crippen LogP contribution in [-0.2, 0) is 9.53 Å². The molecule has 0 unspecified atom stereocenters. The van der Waals surface area contributed by atoms with Gasteiger partial charge >= 0.3 is 0 Å². The van der Waals surface area contributed by atoms with Crippen LogP contribution >= 0.6 is 0 Å². The fourth-order valence-electron chi connectivity index (χ4n) is 5.44. The second kappa shape index (κ2) is 13.8. The van der Waals surface area contributed by atoms with E-state index in [-0.39, 0.29) is 11.8 Å². The molecule has 2 heterocycles. The molecule has 10 heteroatoms. The van der Waals surface area contributed by atoms with Crippen LogP contribution in [0.15, 0.2) is 60.9 Å². The van der Waals surface area contributed by atoms with Gasteiger partial charge in [-0.15, -0.1) is 5.10 Å². The van der Waals surface area contributed by atoms with E-state index in [0.29, 0.717) is 43.6 Å². The molecule has 1 saturated carbocycles. The van der Waals surface area contributed by atoms with Crippen molar-refractivity contribution in [1.29, 1.82) is 0 Å². The van der Waals surface area contributed by atoms with Crippen molar-refractivity contribution in [3.8, 4) is 5.69 Å². The molecule has 1 aromatic heterocycles. The maximum Gasteiger partial charge on any atom is 0.251 e. The molecule has 2 amide bonds. The molecule has 41 heavy (non-hydrogen) atoms. The number of aromatic nitrogens is 3. The van der Waals surface area contributed by atoms with Crippen molar-refractivity contribution in [2.45, 2.75) is 44.2 Å². The molecular formula is C31H41N7O3. The van der Waals surface area contributed by atoms with Gasteiger partial charge in [-0.2, -0.15) is 0 Å². The number of hydrogen-bond donors (Lipinski definition) is 2. The minimum absolute atomic E-state index is 0.00655. The van der Waals surface area contributed by atoms with Crippen LogP contribution in [0.2, 0.25) is 0 Å². The highest BCUT2D eigenvalue weighted by atomic mass is 16.5. The van der Waals surface area contributed by atoms with Crippen molar-refractivity contribution in [3.05, 3.63) is 77.6 Å². The average molecular weight is 560 g/mol. The summed E-state index contributed by atoms with van der Waals surface area (Å²) in [6.45, 7) is 7.38. The zero-order valence-corrected chi connectivity index (χ0v) is 24.0. The van der Waals surface area contributed by atoms with E-state index in [2.05, 4.69) is 57.0 Å². The molecule has 5 rings (SSSR count). The molecule has 0 bridgehead atoms. The van der Waals surface area contributed by atoms with Crippen LogP contribution in [-0.4, -0.2) is 102 Å². The van der Waals surface area contributed by atoms with Crippen molar-refractivity contribution in [2.24, 2.45) is 0 Å². The first-order valence-electron chi connectivity index (χ1n) is 14.6. The summed E-state index contributed by atoms with van der Waals surface area (Å²) in [4.78, 5) is 31.1. The number of rotatable bonds is 13. The predicted octanol–water partition coefficient (Wildman–Crippen LogP) is 2.39. The molecule has 1 saturated heterocycles. The van der Waals surface area contributed by atoms with E-state index in [1.165, 1.54) is 11.1 Å². The van der Waals surface area contributed by atoms with Crippen molar-refractivity contribution < 1.29 is 14.3 Å². The summed E-state index contributed by atoms with van der Waals surface area (Å²) in [7, 11) is 1.70. The Labute approximate surface area is 242 Å². The number of piperazine rings is 1. The summed E-state index contributed by atoms with van der Waals surface area (Å²) in [5, 5.41) is 14.5. The van der Waals surface area contributed by atoms with Gasteiger partial charge in [-0.1, -0.05) is 35.0 Å². The van der Waals surface area contributed by atoms with Gasteiger partial charge in [0, 0.05) is 57.4 Å². The largest absolute Gasteiger partial charge is 0.383 e. The number of ether oxygens (including phenoxy) is 1. The lowest BCUT2D eigenvalue weighted by atomic mass is 10.1. The van der Waals surface area contributed by atoms with Gasteiger partial charge in [0.2, 0.25) is 5.91 Å². The molecule has 2 aliphatic rings. The minimum atomic E-state index is -0.572. The van der Waals surface area contributed by atoms with Crippen molar-refractivity contribution in [3.63, 3.8) is 0 Å². The van der Waals surface area contributed by atoms with E-state index >= 15 is 0 Å². The van der Waals surface area contributed by atoms with Gasteiger partial charge in [0.1, 0.15) is 6.04 Å². The summed E-state index contributed by atoms with van der Waals surface area (Å²) < 4.78 is 6.84. The Morgan fingerprint density at radius 2 is 1.80 bits per heavy atom. The maximum absolute atomic E-state index is 13.6. The molecule has 0 spiro atoms. The minimum Gasteiger partial charge on any atom is -0.383 e. The van der Waals surface area contributed by atoms with E-state index < -0.39 is 6.04 Å². The first-order valence-corrected chi connectivity index (χ1v) is 14.6. The van der Waals surface area contributed by atoms with Crippen LogP contribution in [0, 0.1) is 6.92 Å². The zero-order valence-electron chi connectivity index (χ0n) is 24.0. The monoisotopic (exact) mass is 559 g/mol. The van der Waals surface area contributed by atoms with Gasteiger partial charge in [0.15, 0.2) is 0 Å². The molecule has 0 radical (unpaired) electrons. The van der Waals surface area contributed by atoms with E-state index in [4.69, 9.17) is 4.74 Å². The Morgan fingerprint density at radius 3 is 2.49 bits per heavy atom. The number of nitrogens with zero attached hydrogens (tertiary/aromatic N) is 5. The van der Waals surface area contributed by atoms with Crippen LogP contribution in [0.3, 0.4) is 0 Å². The first kappa shape index (κ1) is 28.9. The SMILES string of the molecule is COCCN1CCN(C(=O)[C@H](CCCN[C@@H]2C[C@H]2c2ccc(C)cc2)NC(=O)c2ccc(-n3ccnn3)cc2)CC1. The number of amides is 2. The lowest BCUT2D eigenvalue weighted by Gasteiger charge is -2.36. The molecule has 10 nitrogen and oxygen atoms in total. The molecular weight excluding hydrogens is 518 g/mol. The highest BCUT2D eigenvalue weighted by molar-refractivity contribution is 5.97. The highest BCUT2D eigenvalue weighted by Gasteiger charge is 2.37. The number of nitrogens with one attached hydrogen (secondary N) is 2. The lowest BCUT2D eigenvalue weighted by Crippen LogP contribution is -2.55. The fourth-order valence-corrected chi connectivity index (χ4v) is 5.44. The molecule has 2 aromatic carbocycles. The molecule has 3 atom stereocenters. The van der Waals surface area contributed by atoms with E-state index in [0.717, 1.165) is 44.7 Å². The zero-order chi connectivity index (χ0) is 28.6. The van der Waals surface area contributed by atoms with Gasteiger partial charge in [-0.3, -0.25) is 14.5 Å². The van der Waals surface area contributed by atoms with Crippen molar-refractivity contribution in [2.75, 3.05) is 53.0 Å². The van der Waals surface area contributed by atoms with Crippen LogP contribution in [0.25, 0.3) is 5.69 Å². The Balaban J connectivity index is 1.16.